The zero-order valence-corrected chi connectivity index (χ0v) is 7.53. The number of hydrogen-bond donors (Lipinski definition) is 3. The van der Waals surface area contributed by atoms with Crippen molar-refractivity contribution in [2.45, 2.75) is 18.6 Å². The van der Waals surface area contributed by atoms with Crippen molar-refractivity contribution in [1.82, 2.24) is 10.2 Å². The van der Waals surface area contributed by atoms with Crippen LogP contribution in [0.25, 0.3) is 0 Å². The number of β-amino-alcohol motifs (C(OH)–C–C–N with tert-alkyl or cyclic N) is 1. The van der Waals surface area contributed by atoms with Gasteiger partial charge in [0.25, 0.3) is 0 Å². The van der Waals surface area contributed by atoms with Crippen LogP contribution >= 0.6 is 0 Å². The van der Waals surface area contributed by atoms with Gasteiger partial charge < -0.3 is 15.5 Å². The van der Waals surface area contributed by atoms with Crippen LogP contribution in [0, 0.1) is 0 Å². The zero-order valence-electron chi connectivity index (χ0n) is 7.53. The number of aliphatic hydroxyl groups excluding tert-OH is 2. The third-order valence-electron chi connectivity index (χ3n) is 2.36. The largest absolute Gasteiger partial charge is 0.394 e. The second-order valence-electron chi connectivity index (χ2n) is 3.37. The highest BCUT2D eigenvalue weighted by molar-refractivity contribution is 4.80. The number of rotatable bonds is 4. The monoisotopic (exact) mass is 174 g/mol. The van der Waals surface area contributed by atoms with Crippen molar-refractivity contribution in [2.24, 2.45) is 0 Å². The van der Waals surface area contributed by atoms with E-state index in [4.69, 9.17) is 10.2 Å². The molecule has 1 fully saturated rings. The molecule has 1 rings (SSSR count). The molecule has 4 nitrogen and oxygen atoms in total. The summed E-state index contributed by atoms with van der Waals surface area (Å²) in [5.74, 6) is 0. The Labute approximate surface area is 73.2 Å². The molecule has 1 aliphatic heterocycles. The van der Waals surface area contributed by atoms with Gasteiger partial charge in [-0.1, -0.05) is 0 Å². The average Bonchev–Trinajstić information content (AvgIpc) is 2.52. The van der Waals surface area contributed by atoms with Crippen molar-refractivity contribution in [3.05, 3.63) is 0 Å². The van der Waals surface area contributed by atoms with Gasteiger partial charge in [0.2, 0.25) is 0 Å². The first-order valence-corrected chi connectivity index (χ1v) is 4.44. The standard InChI is InChI=1S/C8H18N2O2/c1-9-7-2-3-10(4-7)5-8(12)6-11/h7-9,11-12H,2-6H2,1H3. The maximum absolute atomic E-state index is 9.17. The van der Waals surface area contributed by atoms with E-state index >= 15 is 0 Å². The molecule has 0 aliphatic carbocycles. The molecule has 0 spiro atoms. The first-order chi connectivity index (χ1) is 5.76. The summed E-state index contributed by atoms with van der Waals surface area (Å²) in [7, 11) is 1.95. The lowest BCUT2D eigenvalue weighted by atomic mass is 10.3. The molecule has 72 valence electrons. The van der Waals surface area contributed by atoms with E-state index in [0.29, 0.717) is 12.6 Å². The van der Waals surface area contributed by atoms with E-state index in [1.807, 2.05) is 7.05 Å². The minimum atomic E-state index is -0.583. The molecule has 1 heterocycles. The van der Waals surface area contributed by atoms with Crippen LogP contribution < -0.4 is 5.32 Å². The van der Waals surface area contributed by atoms with Gasteiger partial charge in [-0.05, 0) is 20.0 Å². The summed E-state index contributed by atoms with van der Waals surface area (Å²) in [5.41, 5.74) is 0. The highest BCUT2D eigenvalue weighted by Gasteiger charge is 2.22. The number of nitrogens with one attached hydrogen (secondary N) is 1. The normalized spacial score (nSPS) is 27.8. The number of nitrogens with zero attached hydrogens (tertiary/aromatic N) is 1. The van der Waals surface area contributed by atoms with Crippen molar-refractivity contribution < 1.29 is 10.2 Å². The molecule has 0 aromatic carbocycles. The maximum atomic E-state index is 9.17. The van der Waals surface area contributed by atoms with Crippen molar-refractivity contribution in [3.8, 4) is 0 Å². The van der Waals surface area contributed by atoms with E-state index in [0.717, 1.165) is 19.5 Å². The number of likely N-dealkylation sites (N-methyl/N-ethyl adjacent to an activating group) is 1. The van der Waals surface area contributed by atoms with Gasteiger partial charge in [-0.25, -0.2) is 0 Å². The molecule has 3 N–H and O–H groups in total. The van der Waals surface area contributed by atoms with E-state index < -0.39 is 6.10 Å². The minimum absolute atomic E-state index is 0.138. The summed E-state index contributed by atoms with van der Waals surface area (Å²) in [6, 6.07) is 0.552. The van der Waals surface area contributed by atoms with Crippen LogP contribution in [0.2, 0.25) is 0 Å². The Hall–Kier alpha value is -0.160. The molecule has 2 atom stereocenters. The van der Waals surface area contributed by atoms with Crippen LogP contribution in [-0.4, -0.2) is 60.5 Å². The number of hydrogen-bond acceptors (Lipinski definition) is 4. The van der Waals surface area contributed by atoms with E-state index in [1.165, 1.54) is 0 Å². The van der Waals surface area contributed by atoms with Crippen LogP contribution in [0.1, 0.15) is 6.42 Å². The second-order valence-corrected chi connectivity index (χ2v) is 3.37. The minimum Gasteiger partial charge on any atom is -0.394 e. The number of aliphatic hydroxyl groups is 2. The highest BCUT2D eigenvalue weighted by Crippen LogP contribution is 2.08. The zero-order chi connectivity index (χ0) is 8.97. The summed E-state index contributed by atoms with van der Waals surface area (Å²) in [4.78, 5) is 2.17. The fourth-order valence-corrected chi connectivity index (χ4v) is 1.59. The summed E-state index contributed by atoms with van der Waals surface area (Å²) >= 11 is 0. The lowest BCUT2D eigenvalue weighted by molar-refractivity contribution is 0.0656. The van der Waals surface area contributed by atoms with Crippen molar-refractivity contribution in [2.75, 3.05) is 33.3 Å². The molecule has 4 heteroatoms. The van der Waals surface area contributed by atoms with Gasteiger partial charge in [0.1, 0.15) is 0 Å². The SMILES string of the molecule is CNC1CCN(CC(O)CO)C1. The van der Waals surface area contributed by atoms with Gasteiger partial charge in [0.05, 0.1) is 12.7 Å². The Balaban J connectivity index is 2.18. The van der Waals surface area contributed by atoms with E-state index in [2.05, 4.69) is 10.2 Å². The molecule has 0 radical (unpaired) electrons. The Morgan fingerprint density at radius 2 is 2.42 bits per heavy atom. The molecule has 1 saturated heterocycles. The first kappa shape index (κ1) is 9.92. The van der Waals surface area contributed by atoms with Gasteiger partial charge in [0.15, 0.2) is 0 Å². The van der Waals surface area contributed by atoms with Crippen molar-refractivity contribution in [1.29, 1.82) is 0 Å². The smallest absolute Gasteiger partial charge is 0.0897 e. The predicted octanol–water partition coefficient (Wildman–Crippen LogP) is -1.37. The van der Waals surface area contributed by atoms with Crippen LogP contribution in [0.15, 0.2) is 0 Å². The molecule has 0 amide bonds. The van der Waals surface area contributed by atoms with E-state index in [9.17, 15) is 0 Å². The molecular formula is C8H18N2O2. The van der Waals surface area contributed by atoms with Gasteiger partial charge in [0, 0.05) is 19.1 Å². The fourth-order valence-electron chi connectivity index (χ4n) is 1.59. The molecule has 0 bridgehead atoms. The lowest BCUT2D eigenvalue weighted by Gasteiger charge is -2.18. The topological polar surface area (TPSA) is 55.7 Å². The summed E-state index contributed by atoms with van der Waals surface area (Å²) in [6.07, 6.45) is 0.551. The predicted molar refractivity (Wildman–Crippen MR) is 47.0 cm³/mol. The molecule has 1 aliphatic rings. The molecular weight excluding hydrogens is 156 g/mol. The molecule has 0 aromatic rings. The molecule has 0 saturated carbocycles. The average molecular weight is 174 g/mol. The van der Waals surface area contributed by atoms with Crippen LogP contribution in [-0.2, 0) is 0 Å². The van der Waals surface area contributed by atoms with Gasteiger partial charge in [-0.15, -0.1) is 0 Å². The third kappa shape index (κ3) is 2.71. The first-order valence-electron chi connectivity index (χ1n) is 4.44. The van der Waals surface area contributed by atoms with E-state index in [-0.39, 0.29) is 6.61 Å². The molecule has 2 unspecified atom stereocenters. The maximum Gasteiger partial charge on any atom is 0.0897 e. The fraction of sp³-hybridized carbons (Fsp3) is 1.00. The van der Waals surface area contributed by atoms with Crippen LogP contribution in [0.4, 0.5) is 0 Å². The highest BCUT2D eigenvalue weighted by atomic mass is 16.3. The Kier molecular flexibility index (Phi) is 3.94. The number of likely N-dealkylation sites (tertiary alicyclic amines) is 1. The van der Waals surface area contributed by atoms with Gasteiger partial charge in [-0.3, -0.25) is 4.90 Å². The summed E-state index contributed by atoms with van der Waals surface area (Å²) in [5, 5.41) is 21.0. The Morgan fingerprint density at radius 1 is 1.67 bits per heavy atom. The van der Waals surface area contributed by atoms with Gasteiger partial charge in [-0.2, -0.15) is 0 Å². The Bertz CT molecular complexity index is 132. The molecule has 12 heavy (non-hydrogen) atoms. The van der Waals surface area contributed by atoms with Crippen LogP contribution in [0.3, 0.4) is 0 Å². The quantitative estimate of drug-likeness (QED) is 0.492. The summed E-state index contributed by atoms with van der Waals surface area (Å²) in [6.45, 7) is 2.45. The van der Waals surface area contributed by atoms with Crippen molar-refractivity contribution >= 4 is 0 Å². The van der Waals surface area contributed by atoms with Crippen molar-refractivity contribution in [3.63, 3.8) is 0 Å². The van der Waals surface area contributed by atoms with Crippen LogP contribution in [0.5, 0.6) is 0 Å². The second kappa shape index (κ2) is 4.77. The van der Waals surface area contributed by atoms with Gasteiger partial charge >= 0.3 is 0 Å². The lowest BCUT2D eigenvalue weighted by Crippen LogP contribution is -2.35. The third-order valence-corrected chi connectivity index (χ3v) is 2.36. The Morgan fingerprint density at radius 3 is 2.92 bits per heavy atom. The van der Waals surface area contributed by atoms with E-state index in [1.54, 1.807) is 0 Å². The molecule has 0 aromatic heterocycles. The summed E-state index contributed by atoms with van der Waals surface area (Å²) < 4.78 is 0.